The number of halogens is 1. The van der Waals surface area contributed by atoms with E-state index in [0.29, 0.717) is 11.3 Å². The first-order valence-electron chi connectivity index (χ1n) is 8.43. The van der Waals surface area contributed by atoms with Crippen LogP contribution in [0.15, 0.2) is 42.7 Å². The molecule has 0 saturated heterocycles. The Bertz CT molecular complexity index is 931. The van der Waals surface area contributed by atoms with Crippen molar-refractivity contribution < 1.29 is 9.18 Å². The van der Waals surface area contributed by atoms with E-state index in [-0.39, 0.29) is 17.9 Å². The molecule has 0 aliphatic rings. The van der Waals surface area contributed by atoms with Gasteiger partial charge in [-0.1, -0.05) is 6.07 Å². The van der Waals surface area contributed by atoms with Crippen molar-refractivity contribution in [1.29, 1.82) is 0 Å². The van der Waals surface area contributed by atoms with Gasteiger partial charge in [0, 0.05) is 28.5 Å². The fourth-order valence-corrected chi connectivity index (χ4v) is 4.12. The third kappa shape index (κ3) is 3.65. The van der Waals surface area contributed by atoms with Crippen molar-refractivity contribution in [1.82, 2.24) is 9.88 Å². The lowest BCUT2D eigenvalue weighted by molar-refractivity contribution is 0.249. The van der Waals surface area contributed by atoms with Gasteiger partial charge in [0.1, 0.15) is 10.8 Å². The predicted molar refractivity (Wildman–Crippen MR) is 105 cm³/mol. The third-order valence-corrected chi connectivity index (χ3v) is 5.70. The minimum atomic E-state index is -0.359. The number of aromatic nitrogens is 1. The van der Waals surface area contributed by atoms with Crippen LogP contribution in [0.25, 0.3) is 5.00 Å². The van der Waals surface area contributed by atoms with Crippen LogP contribution in [0.5, 0.6) is 0 Å². The molecule has 0 saturated carbocycles. The van der Waals surface area contributed by atoms with Crippen molar-refractivity contribution in [3.63, 3.8) is 0 Å². The lowest BCUT2D eigenvalue weighted by Crippen LogP contribution is -2.31. The Kier molecular flexibility index (Phi) is 5.13. The van der Waals surface area contributed by atoms with Gasteiger partial charge in [-0.25, -0.2) is 9.18 Å². The number of urea groups is 1. The number of thiophene rings is 1. The van der Waals surface area contributed by atoms with Crippen molar-refractivity contribution in [3.05, 3.63) is 70.1 Å². The van der Waals surface area contributed by atoms with E-state index in [1.54, 1.807) is 30.4 Å². The summed E-state index contributed by atoms with van der Waals surface area (Å²) in [5, 5.41) is 6.75. The number of nitrogens with zero attached hydrogens (tertiary/aromatic N) is 1. The second kappa shape index (κ2) is 7.33. The Morgan fingerprint density at radius 2 is 1.88 bits per heavy atom. The van der Waals surface area contributed by atoms with Crippen molar-refractivity contribution in [2.24, 2.45) is 0 Å². The highest BCUT2D eigenvalue weighted by Crippen LogP contribution is 2.35. The van der Waals surface area contributed by atoms with Gasteiger partial charge in [0.05, 0.1) is 6.04 Å². The number of carbonyl (C=O) groups excluding carboxylic acids is 1. The number of aryl methyl sites for hydroxylation is 2. The average Bonchev–Trinajstić information content (AvgIpc) is 3.20. The Morgan fingerprint density at radius 3 is 2.54 bits per heavy atom. The summed E-state index contributed by atoms with van der Waals surface area (Å²) in [5.74, 6) is -0.338. The summed E-state index contributed by atoms with van der Waals surface area (Å²) in [6.07, 6.45) is 3.99. The molecular formula is C20H22FN3OS. The summed E-state index contributed by atoms with van der Waals surface area (Å²) in [6.45, 7) is 7.79. The highest BCUT2D eigenvalue weighted by Gasteiger charge is 2.21. The van der Waals surface area contributed by atoms with E-state index in [4.69, 9.17) is 0 Å². The number of benzene rings is 1. The monoisotopic (exact) mass is 371 g/mol. The van der Waals surface area contributed by atoms with E-state index in [1.165, 1.54) is 16.5 Å². The van der Waals surface area contributed by atoms with Crippen molar-refractivity contribution >= 4 is 23.1 Å². The van der Waals surface area contributed by atoms with Gasteiger partial charge in [-0.3, -0.25) is 0 Å². The van der Waals surface area contributed by atoms with Crippen molar-refractivity contribution in [3.8, 4) is 5.00 Å². The molecule has 136 valence electrons. The van der Waals surface area contributed by atoms with E-state index in [0.717, 1.165) is 10.6 Å². The van der Waals surface area contributed by atoms with Gasteiger partial charge in [-0.2, -0.15) is 0 Å². The van der Waals surface area contributed by atoms with Crippen LogP contribution in [0.4, 0.5) is 14.9 Å². The van der Waals surface area contributed by atoms with E-state index < -0.39 is 0 Å². The second-order valence-electron chi connectivity index (χ2n) is 6.38. The van der Waals surface area contributed by atoms with E-state index in [2.05, 4.69) is 29.0 Å². The van der Waals surface area contributed by atoms with Gasteiger partial charge in [-0.05, 0) is 63.1 Å². The lowest BCUT2D eigenvalue weighted by atomic mass is 10.1. The molecule has 0 spiro atoms. The molecule has 2 heterocycles. The lowest BCUT2D eigenvalue weighted by Gasteiger charge is -2.17. The maximum absolute atomic E-state index is 13.6. The summed E-state index contributed by atoms with van der Waals surface area (Å²) in [5.41, 5.74) is 3.24. The van der Waals surface area contributed by atoms with Crippen LogP contribution in [0.1, 0.15) is 34.5 Å². The first-order chi connectivity index (χ1) is 12.4. The highest BCUT2D eigenvalue weighted by atomic mass is 32.1. The van der Waals surface area contributed by atoms with Gasteiger partial charge in [-0.15, -0.1) is 11.3 Å². The quantitative estimate of drug-likeness (QED) is 0.626. The summed E-state index contributed by atoms with van der Waals surface area (Å²) in [7, 11) is 0. The molecule has 6 heteroatoms. The normalized spacial score (nSPS) is 12.0. The number of carbonyl (C=O) groups is 1. The third-order valence-electron chi connectivity index (χ3n) is 4.46. The number of amides is 2. The van der Waals surface area contributed by atoms with Crippen LogP contribution >= 0.6 is 11.3 Å². The Morgan fingerprint density at radius 1 is 1.19 bits per heavy atom. The van der Waals surface area contributed by atoms with Crippen LogP contribution < -0.4 is 10.6 Å². The molecule has 0 fully saturated rings. The molecule has 2 amide bonds. The van der Waals surface area contributed by atoms with Crippen LogP contribution in [0.3, 0.4) is 0 Å². The molecule has 0 unspecified atom stereocenters. The van der Waals surface area contributed by atoms with Crippen molar-refractivity contribution in [2.75, 3.05) is 5.32 Å². The SMILES string of the molecule is Cc1ccc(NC(=O)N[C@H](C)c2c(-n3cccc3)sc(C)c2C)cc1F. The highest BCUT2D eigenvalue weighted by molar-refractivity contribution is 7.14. The van der Waals surface area contributed by atoms with E-state index in [1.807, 2.05) is 31.5 Å². The minimum Gasteiger partial charge on any atom is -0.331 e. The largest absolute Gasteiger partial charge is 0.331 e. The smallest absolute Gasteiger partial charge is 0.319 e. The first-order valence-corrected chi connectivity index (χ1v) is 9.25. The zero-order chi connectivity index (χ0) is 18.8. The van der Waals surface area contributed by atoms with Crippen LogP contribution in [0, 0.1) is 26.6 Å². The molecule has 26 heavy (non-hydrogen) atoms. The van der Waals surface area contributed by atoms with Crippen LogP contribution in [-0.4, -0.2) is 10.6 Å². The Balaban J connectivity index is 1.78. The summed E-state index contributed by atoms with van der Waals surface area (Å²) < 4.78 is 15.7. The summed E-state index contributed by atoms with van der Waals surface area (Å²) >= 11 is 1.70. The first kappa shape index (κ1) is 18.2. The van der Waals surface area contributed by atoms with E-state index in [9.17, 15) is 9.18 Å². The molecule has 0 radical (unpaired) electrons. The molecule has 1 atom stereocenters. The maximum atomic E-state index is 13.6. The maximum Gasteiger partial charge on any atom is 0.319 e. The average molecular weight is 371 g/mol. The molecular weight excluding hydrogens is 349 g/mol. The number of nitrogens with one attached hydrogen (secondary N) is 2. The van der Waals surface area contributed by atoms with Crippen LogP contribution in [0.2, 0.25) is 0 Å². The molecule has 2 aromatic heterocycles. The number of rotatable bonds is 4. The van der Waals surface area contributed by atoms with Crippen molar-refractivity contribution in [2.45, 2.75) is 33.7 Å². The summed E-state index contributed by atoms with van der Waals surface area (Å²) in [4.78, 5) is 13.6. The molecule has 1 aromatic carbocycles. The number of hydrogen-bond acceptors (Lipinski definition) is 2. The Labute approximate surface area is 156 Å². The van der Waals surface area contributed by atoms with Gasteiger partial charge in [0.15, 0.2) is 0 Å². The molecule has 4 nitrogen and oxygen atoms in total. The zero-order valence-electron chi connectivity index (χ0n) is 15.3. The van der Waals surface area contributed by atoms with Gasteiger partial charge < -0.3 is 15.2 Å². The topological polar surface area (TPSA) is 46.1 Å². The standard InChI is InChI=1S/C20H22FN3OS/c1-12-7-8-16(11-17(12)21)23-20(25)22-14(3)18-13(2)15(4)26-19(18)24-9-5-6-10-24/h5-11,14H,1-4H3,(H2,22,23,25)/t14-/m1/s1. The second-order valence-corrected chi connectivity index (χ2v) is 7.58. The molecule has 0 bridgehead atoms. The van der Waals surface area contributed by atoms with Gasteiger partial charge >= 0.3 is 6.03 Å². The molecule has 3 rings (SSSR count). The summed E-state index contributed by atoms with van der Waals surface area (Å²) in [6, 6.07) is 8.06. The fraction of sp³-hybridized carbons (Fsp3) is 0.250. The van der Waals surface area contributed by atoms with Gasteiger partial charge in [0.25, 0.3) is 0 Å². The predicted octanol–water partition coefficient (Wildman–Crippen LogP) is 5.49. The van der Waals surface area contributed by atoms with Crippen LogP contribution in [-0.2, 0) is 0 Å². The van der Waals surface area contributed by atoms with Gasteiger partial charge in [0.2, 0.25) is 0 Å². The minimum absolute atomic E-state index is 0.187. The number of anilines is 1. The number of hydrogen-bond donors (Lipinski definition) is 2. The fourth-order valence-electron chi connectivity index (χ4n) is 2.90. The molecule has 3 aromatic rings. The molecule has 0 aliphatic carbocycles. The van der Waals surface area contributed by atoms with E-state index >= 15 is 0 Å². The Hall–Kier alpha value is -2.60. The zero-order valence-corrected chi connectivity index (χ0v) is 16.1. The molecule has 0 aliphatic heterocycles. The molecule has 2 N–H and O–H groups in total.